The number of hydrazine groups is 1. The number of unbranched alkanes of at least 4 members (excludes halogenated alkanes) is 1. The van der Waals surface area contributed by atoms with Gasteiger partial charge in [0.2, 0.25) is 0 Å². The zero-order chi connectivity index (χ0) is 15.4. The lowest BCUT2D eigenvalue weighted by Crippen LogP contribution is -2.49. The second-order valence-corrected chi connectivity index (χ2v) is 5.19. The summed E-state index contributed by atoms with van der Waals surface area (Å²) >= 11 is 0. The minimum Gasteiger partial charge on any atom is -0.361 e. The van der Waals surface area contributed by atoms with E-state index < -0.39 is 0 Å². The number of carbonyl (C=O) groups excluding carboxylic acids is 2. The van der Waals surface area contributed by atoms with Crippen molar-refractivity contribution in [1.82, 2.24) is 20.5 Å². The summed E-state index contributed by atoms with van der Waals surface area (Å²) in [7, 11) is 0. The Labute approximate surface area is 124 Å². The molecule has 1 aromatic rings. The quantitative estimate of drug-likeness (QED) is 0.860. The largest absolute Gasteiger partial charge is 0.361 e. The van der Waals surface area contributed by atoms with Gasteiger partial charge in [-0.05, 0) is 26.7 Å². The highest BCUT2D eigenvalue weighted by Crippen LogP contribution is 2.20. The maximum absolute atomic E-state index is 12.6. The molecular weight excluding hydrogens is 272 g/mol. The molecule has 0 radical (unpaired) electrons. The summed E-state index contributed by atoms with van der Waals surface area (Å²) in [4.78, 5) is 24.8. The van der Waals surface area contributed by atoms with Gasteiger partial charge in [-0.25, -0.2) is 14.8 Å². The van der Waals surface area contributed by atoms with Crippen molar-refractivity contribution in [1.29, 1.82) is 0 Å². The molecule has 1 aliphatic heterocycles. The number of aromatic nitrogens is 1. The topological polar surface area (TPSA) is 78.7 Å². The Morgan fingerprint density at radius 1 is 1.29 bits per heavy atom. The summed E-state index contributed by atoms with van der Waals surface area (Å²) < 4.78 is 5.03. The van der Waals surface area contributed by atoms with Crippen molar-refractivity contribution in [2.75, 3.05) is 19.6 Å². The highest BCUT2D eigenvalue weighted by molar-refractivity contribution is 5.97. The fourth-order valence-electron chi connectivity index (χ4n) is 2.41. The Morgan fingerprint density at radius 3 is 2.62 bits per heavy atom. The van der Waals surface area contributed by atoms with Gasteiger partial charge in [-0.2, -0.15) is 0 Å². The first-order valence-electron chi connectivity index (χ1n) is 7.36. The molecule has 0 aromatic carbocycles. The number of nitrogens with zero attached hydrogens (tertiary/aromatic N) is 3. The van der Waals surface area contributed by atoms with E-state index >= 15 is 0 Å². The second-order valence-electron chi connectivity index (χ2n) is 5.19. The average Bonchev–Trinajstić information content (AvgIpc) is 3.06. The number of nitrogens with one attached hydrogen (secondary N) is 1. The van der Waals surface area contributed by atoms with Crippen molar-refractivity contribution >= 4 is 11.9 Å². The fourth-order valence-corrected chi connectivity index (χ4v) is 2.41. The summed E-state index contributed by atoms with van der Waals surface area (Å²) in [5, 5.41) is 9.59. The summed E-state index contributed by atoms with van der Waals surface area (Å²) in [6, 6.07) is -0.221. The van der Waals surface area contributed by atoms with Crippen molar-refractivity contribution in [3.05, 3.63) is 17.0 Å². The number of urea groups is 1. The Bertz CT molecular complexity index is 507. The molecule has 0 unspecified atom stereocenters. The van der Waals surface area contributed by atoms with Crippen LogP contribution in [0.4, 0.5) is 4.79 Å². The Hall–Kier alpha value is -2.05. The maximum Gasteiger partial charge on any atom is 0.336 e. The van der Waals surface area contributed by atoms with Crippen LogP contribution in [-0.2, 0) is 0 Å². The lowest BCUT2D eigenvalue weighted by Gasteiger charge is -2.27. The SMILES string of the molecule is CCCCNC(=O)N1CCCN1C(=O)c1c(C)noc1C. The molecule has 1 saturated heterocycles. The van der Waals surface area contributed by atoms with Crippen molar-refractivity contribution in [2.24, 2.45) is 0 Å². The molecule has 0 atom stereocenters. The monoisotopic (exact) mass is 294 g/mol. The van der Waals surface area contributed by atoms with Crippen molar-refractivity contribution < 1.29 is 14.1 Å². The molecule has 0 aliphatic carbocycles. The van der Waals surface area contributed by atoms with E-state index in [0.717, 1.165) is 19.3 Å². The van der Waals surface area contributed by atoms with Crippen LogP contribution in [0.2, 0.25) is 0 Å². The van der Waals surface area contributed by atoms with Gasteiger partial charge in [0, 0.05) is 19.6 Å². The van der Waals surface area contributed by atoms with Gasteiger partial charge in [0.1, 0.15) is 11.3 Å². The smallest absolute Gasteiger partial charge is 0.336 e. The van der Waals surface area contributed by atoms with Gasteiger partial charge in [-0.3, -0.25) is 4.79 Å². The van der Waals surface area contributed by atoms with Gasteiger partial charge in [0.05, 0.1) is 5.69 Å². The first-order chi connectivity index (χ1) is 10.1. The average molecular weight is 294 g/mol. The third-order valence-corrected chi connectivity index (χ3v) is 3.55. The molecule has 3 amide bonds. The summed E-state index contributed by atoms with van der Waals surface area (Å²) in [5.41, 5.74) is 0.999. The molecule has 116 valence electrons. The summed E-state index contributed by atoms with van der Waals surface area (Å²) in [6.45, 7) is 7.20. The Kier molecular flexibility index (Phi) is 4.82. The van der Waals surface area contributed by atoms with Crippen LogP contribution < -0.4 is 5.32 Å². The van der Waals surface area contributed by atoms with E-state index in [2.05, 4.69) is 17.4 Å². The van der Waals surface area contributed by atoms with Crippen molar-refractivity contribution in [3.8, 4) is 0 Å². The normalized spacial score (nSPS) is 14.6. The van der Waals surface area contributed by atoms with Gasteiger partial charge < -0.3 is 9.84 Å². The second kappa shape index (κ2) is 6.60. The van der Waals surface area contributed by atoms with Crippen LogP contribution in [0.25, 0.3) is 0 Å². The maximum atomic E-state index is 12.6. The fraction of sp³-hybridized carbons (Fsp3) is 0.643. The first kappa shape index (κ1) is 15.3. The third-order valence-electron chi connectivity index (χ3n) is 3.55. The molecule has 1 aromatic heterocycles. The number of hydrogen-bond donors (Lipinski definition) is 1. The minimum absolute atomic E-state index is 0.221. The molecule has 0 saturated carbocycles. The minimum atomic E-state index is -0.227. The highest BCUT2D eigenvalue weighted by atomic mass is 16.5. The standard InChI is InChI=1S/C14H22N4O3/c1-4-5-7-15-14(20)18-9-6-8-17(18)13(19)12-10(2)16-21-11(12)3/h4-9H2,1-3H3,(H,15,20). The molecular formula is C14H22N4O3. The lowest BCUT2D eigenvalue weighted by atomic mass is 10.2. The van der Waals surface area contributed by atoms with Crippen LogP contribution >= 0.6 is 0 Å². The first-order valence-corrected chi connectivity index (χ1v) is 7.36. The molecule has 7 nitrogen and oxygen atoms in total. The van der Waals surface area contributed by atoms with Crippen LogP contribution in [0.3, 0.4) is 0 Å². The number of amides is 3. The third kappa shape index (κ3) is 3.17. The Balaban J connectivity index is 2.08. The zero-order valence-corrected chi connectivity index (χ0v) is 12.8. The van der Waals surface area contributed by atoms with Gasteiger partial charge >= 0.3 is 6.03 Å². The van der Waals surface area contributed by atoms with E-state index in [1.165, 1.54) is 10.0 Å². The molecule has 2 heterocycles. The molecule has 1 fully saturated rings. The highest BCUT2D eigenvalue weighted by Gasteiger charge is 2.33. The van der Waals surface area contributed by atoms with Crippen LogP contribution in [-0.4, -0.2) is 46.7 Å². The molecule has 21 heavy (non-hydrogen) atoms. The summed E-state index contributed by atoms with van der Waals surface area (Å²) in [5.74, 6) is 0.255. The van der Waals surface area contributed by atoms with Crippen LogP contribution in [0.5, 0.6) is 0 Å². The molecule has 7 heteroatoms. The molecule has 1 aliphatic rings. The lowest BCUT2D eigenvalue weighted by molar-refractivity contribution is 0.0374. The van der Waals surface area contributed by atoms with E-state index in [1.807, 2.05) is 0 Å². The van der Waals surface area contributed by atoms with E-state index in [9.17, 15) is 9.59 Å². The number of aryl methyl sites for hydroxylation is 2. The van der Waals surface area contributed by atoms with Gasteiger partial charge in [0.15, 0.2) is 0 Å². The predicted molar refractivity (Wildman–Crippen MR) is 76.6 cm³/mol. The number of rotatable bonds is 4. The van der Waals surface area contributed by atoms with Crippen molar-refractivity contribution in [3.63, 3.8) is 0 Å². The summed E-state index contributed by atoms with van der Waals surface area (Å²) in [6.07, 6.45) is 2.72. The van der Waals surface area contributed by atoms with Crippen LogP contribution in [0, 0.1) is 13.8 Å². The van der Waals surface area contributed by atoms with Crippen LogP contribution in [0.1, 0.15) is 48.0 Å². The van der Waals surface area contributed by atoms with Gasteiger partial charge in [0.25, 0.3) is 5.91 Å². The van der Waals surface area contributed by atoms with E-state index in [0.29, 0.717) is 36.7 Å². The van der Waals surface area contributed by atoms with E-state index in [-0.39, 0.29) is 11.9 Å². The molecule has 1 N–H and O–H groups in total. The Morgan fingerprint density at radius 2 is 2.00 bits per heavy atom. The molecule has 0 bridgehead atoms. The molecule has 2 rings (SSSR count). The van der Waals surface area contributed by atoms with E-state index in [4.69, 9.17) is 4.52 Å². The number of hydrogen-bond acceptors (Lipinski definition) is 4. The number of carbonyl (C=O) groups is 2. The van der Waals surface area contributed by atoms with Crippen molar-refractivity contribution in [2.45, 2.75) is 40.0 Å². The zero-order valence-electron chi connectivity index (χ0n) is 12.8. The van der Waals surface area contributed by atoms with Crippen LogP contribution in [0.15, 0.2) is 4.52 Å². The van der Waals surface area contributed by atoms with Gasteiger partial charge in [-0.15, -0.1) is 0 Å². The van der Waals surface area contributed by atoms with Gasteiger partial charge in [-0.1, -0.05) is 18.5 Å². The van der Waals surface area contributed by atoms with E-state index in [1.54, 1.807) is 13.8 Å². The predicted octanol–water partition coefficient (Wildman–Crippen LogP) is 1.86. The molecule has 0 spiro atoms.